The van der Waals surface area contributed by atoms with E-state index >= 15 is 0 Å². The van der Waals surface area contributed by atoms with Crippen LogP contribution in [0.5, 0.6) is 0 Å². The molecule has 0 aliphatic carbocycles. The Hall–Kier alpha value is -2.25. The van der Waals surface area contributed by atoms with E-state index in [-0.39, 0.29) is 17.2 Å². The Morgan fingerprint density at radius 3 is 2.31 bits per heavy atom. The molecule has 1 heterocycles. The van der Waals surface area contributed by atoms with Crippen molar-refractivity contribution in [1.82, 2.24) is 4.57 Å². The first-order chi connectivity index (χ1) is 13.6. The van der Waals surface area contributed by atoms with Crippen molar-refractivity contribution in [2.45, 2.75) is 57.7 Å². The highest BCUT2D eigenvalue weighted by Crippen LogP contribution is 2.22. The van der Waals surface area contributed by atoms with Crippen LogP contribution in [0.4, 0.5) is 0 Å². The maximum absolute atomic E-state index is 12.6. The van der Waals surface area contributed by atoms with Gasteiger partial charge in [-0.15, -0.1) is 0 Å². The molecule has 1 aromatic heterocycles. The second kappa shape index (κ2) is 8.24. The molecule has 5 nitrogen and oxygen atoms in total. The Labute approximate surface area is 175 Å². The van der Waals surface area contributed by atoms with Crippen LogP contribution in [0.25, 0.3) is 10.2 Å². The molecule has 7 heteroatoms. The van der Waals surface area contributed by atoms with E-state index < -0.39 is 15.1 Å². The number of carbonyl (C=O) groups excluding carboxylic acids is 1. The second-order valence-electron chi connectivity index (χ2n) is 7.45. The molecule has 0 spiro atoms. The Morgan fingerprint density at radius 2 is 1.72 bits per heavy atom. The van der Waals surface area contributed by atoms with Gasteiger partial charge in [-0.1, -0.05) is 23.5 Å². The van der Waals surface area contributed by atoms with Crippen molar-refractivity contribution in [1.29, 1.82) is 0 Å². The van der Waals surface area contributed by atoms with Gasteiger partial charge in [-0.3, -0.25) is 4.79 Å². The van der Waals surface area contributed by atoms with E-state index in [1.165, 1.54) is 22.5 Å². The van der Waals surface area contributed by atoms with Crippen molar-refractivity contribution in [2.75, 3.05) is 0 Å². The van der Waals surface area contributed by atoms with Crippen LogP contribution in [-0.2, 0) is 27.6 Å². The fourth-order valence-electron chi connectivity index (χ4n) is 3.10. The maximum atomic E-state index is 12.6. The number of rotatable bonds is 5. The van der Waals surface area contributed by atoms with Crippen LogP contribution < -0.4 is 4.80 Å². The summed E-state index contributed by atoms with van der Waals surface area (Å²) in [5, 5.41) is -0.477. The van der Waals surface area contributed by atoms with Gasteiger partial charge in [0, 0.05) is 6.54 Å². The summed E-state index contributed by atoms with van der Waals surface area (Å²) < 4.78 is 27.6. The van der Waals surface area contributed by atoms with Crippen LogP contribution in [0.15, 0.2) is 46.3 Å². The Kier molecular flexibility index (Phi) is 6.10. The first-order valence-corrected chi connectivity index (χ1v) is 12.0. The van der Waals surface area contributed by atoms with Gasteiger partial charge in [0.1, 0.15) is 0 Å². The molecule has 0 saturated carbocycles. The number of hydrogen-bond donors (Lipinski definition) is 0. The highest BCUT2D eigenvalue weighted by molar-refractivity contribution is 7.92. The van der Waals surface area contributed by atoms with E-state index in [1.807, 2.05) is 6.92 Å². The summed E-state index contributed by atoms with van der Waals surface area (Å²) in [5.74, 6) is -0.244. The Balaban J connectivity index is 1.89. The number of carbonyl (C=O) groups is 1. The van der Waals surface area contributed by atoms with Crippen molar-refractivity contribution in [3.8, 4) is 0 Å². The molecule has 154 valence electrons. The molecule has 0 aliphatic rings. The van der Waals surface area contributed by atoms with Crippen molar-refractivity contribution in [2.24, 2.45) is 4.99 Å². The molecule has 3 rings (SSSR count). The first-order valence-electron chi connectivity index (χ1n) is 9.64. The summed E-state index contributed by atoms with van der Waals surface area (Å²) in [6, 6.07) is 10.8. The molecule has 29 heavy (non-hydrogen) atoms. The molecule has 1 amide bonds. The van der Waals surface area contributed by atoms with Gasteiger partial charge in [-0.25, -0.2) is 8.42 Å². The zero-order valence-electron chi connectivity index (χ0n) is 17.4. The largest absolute Gasteiger partial charge is 0.317 e. The van der Waals surface area contributed by atoms with E-state index in [4.69, 9.17) is 0 Å². The summed E-state index contributed by atoms with van der Waals surface area (Å²) in [6.07, 6.45) is 0.137. The summed E-state index contributed by atoms with van der Waals surface area (Å²) in [4.78, 5) is 17.9. The van der Waals surface area contributed by atoms with Gasteiger partial charge in [0.15, 0.2) is 14.6 Å². The van der Waals surface area contributed by atoms with E-state index in [9.17, 15) is 13.2 Å². The number of thiazole rings is 1. The fraction of sp³-hybridized carbons (Fsp3) is 0.364. The quantitative estimate of drug-likeness (QED) is 0.609. The van der Waals surface area contributed by atoms with Crippen LogP contribution in [0.2, 0.25) is 0 Å². The van der Waals surface area contributed by atoms with Gasteiger partial charge >= 0.3 is 0 Å². The van der Waals surface area contributed by atoms with Gasteiger partial charge in [-0.05, 0) is 75.6 Å². The Morgan fingerprint density at radius 1 is 1.10 bits per heavy atom. The van der Waals surface area contributed by atoms with Crippen LogP contribution in [0.3, 0.4) is 0 Å². The van der Waals surface area contributed by atoms with Crippen molar-refractivity contribution < 1.29 is 13.2 Å². The molecule has 0 radical (unpaired) electrons. The number of benzene rings is 2. The van der Waals surface area contributed by atoms with Crippen molar-refractivity contribution >= 4 is 37.3 Å². The highest BCUT2D eigenvalue weighted by Gasteiger charge is 2.19. The van der Waals surface area contributed by atoms with Crippen molar-refractivity contribution in [3.63, 3.8) is 0 Å². The summed E-state index contributed by atoms with van der Waals surface area (Å²) in [7, 11) is -3.31. The zero-order valence-corrected chi connectivity index (χ0v) is 19.0. The third kappa shape index (κ3) is 4.36. The fourth-order valence-corrected chi connectivity index (χ4v) is 5.35. The SMILES string of the molecule is CCn1c(=NC(=O)Cc2ccc(S(=O)(=O)C(C)C)cc2)sc2cc(C)c(C)cc21. The minimum Gasteiger partial charge on any atom is -0.317 e. The molecule has 0 unspecified atom stereocenters. The van der Waals surface area contributed by atoms with Gasteiger partial charge in [0.05, 0.1) is 26.8 Å². The number of aromatic nitrogens is 1. The third-order valence-corrected chi connectivity index (χ3v) is 8.27. The number of aryl methyl sites for hydroxylation is 3. The van der Waals surface area contributed by atoms with Gasteiger partial charge in [-0.2, -0.15) is 4.99 Å². The lowest BCUT2D eigenvalue weighted by Crippen LogP contribution is -2.16. The minimum atomic E-state index is -3.31. The molecule has 3 aromatic rings. The van der Waals surface area contributed by atoms with Crippen LogP contribution in [0.1, 0.15) is 37.5 Å². The molecule has 0 fully saturated rings. The predicted octanol–water partition coefficient (Wildman–Crippen LogP) is 4.19. The van der Waals surface area contributed by atoms with Gasteiger partial charge in [0.25, 0.3) is 5.91 Å². The van der Waals surface area contributed by atoms with Crippen molar-refractivity contribution in [3.05, 3.63) is 57.9 Å². The number of nitrogens with zero attached hydrogens (tertiary/aromatic N) is 2. The summed E-state index contributed by atoms with van der Waals surface area (Å²) >= 11 is 1.52. The minimum absolute atomic E-state index is 0.137. The molecular weight excluding hydrogens is 404 g/mol. The Bertz CT molecular complexity index is 1230. The number of sulfone groups is 1. The van der Waals surface area contributed by atoms with Gasteiger partial charge < -0.3 is 4.57 Å². The monoisotopic (exact) mass is 430 g/mol. The lowest BCUT2D eigenvalue weighted by Gasteiger charge is -2.08. The average molecular weight is 431 g/mol. The normalized spacial score (nSPS) is 12.8. The summed E-state index contributed by atoms with van der Waals surface area (Å²) in [6.45, 7) is 10.2. The number of amides is 1. The topological polar surface area (TPSA) is 68.5 Å². The van der Waals surface area contributed by atoms with Crippen LogP contribution in [0, 0.1) is 13.8 Å². The molecule has 0 aliphatic heterocycles. The summed E-state index contributed by atoms with van der Waals surface area (Å²) in [5.41, 5.74) is 4.27. The van der Waals surface area contributed by atoms with E-state index in [2.05, 4.69) is 35.5 Å². The predicted molar refractivity (Wildman–Crippen MR) is 118 cm³/mol. The molecule has 0 saturated heterocycles. The van der Waals surface area contributed by atoms with E-state index in [1.54, 1.807) is 38.1 Å². The molecule has 0 bridgehead atoms. The standard InChI is InChI=1S/C22H26N2O3S2/c1-6-24-19-11-15(4)16(5)12-20(19)28-22(24)23-21(25)13-17-7-9-18(10-8-17)29(26,27)14(2)3/h7-12,14H,6,13H2,1-5H3. The third-order valence-electron chi connectivity index (χ3n) is 5.06. The maximum Gasteiger partial charge on any atom is 0.252 e. The zero-order chi connectivity index (χ0) is 21.3. The van der Waals surface area contributed by atoms with Crippen LogP contribution >= 0.6 is 11.3 Å². The van der Waals surface area contributed by atoms with Gasteiger partial charge in [0.2, 0.25) is 0 Å². The highest BCUT2D eigenvalue weighted by atomic mass is 32.2. The smallest absolute Gasteiger partial charge is 0.252 e. The lowest BCUT2D eigenvalue weighted by molar-refractivity contribution is -0.117. The second-order valence-corrected chi connectivity index (χ2v) is 11.0. The molecular formula is C22H26N2O3S2. The molecule has 0 atom stereocenters. The van der Waals surface area contributed by atoms with E-state index in [0.29, 0.717) is 4.80 Å². The molecule has 0 N–H and O–H groups in total. The lowest BCUT2D eigenvalue weighted by atomic mass is 10.1. The molecule has 2 aromatic carbocycles. The average Bonchev–Trinajstić information content (AvgIpc) is 2.98. The van der Waals surface area contributed by atoms with Crippen LogP contribution in [-0.4, -0.2) is 24.1 Å². The first kappa shape index (κ1) is 21.5. The van der Waals surface area contributed by atoms with E-state index in [0.717, 1.165) is 22.3 Å². The number of hydrogen-bond acceptors (Lipinski definition) is 4. The number of fused-ring (bicyclic) bond motifs is 1.